The number of nitrogens with zero attached hydrogens (tertiary/aromatic N) is 1. The Hall–Kier alpha value is -3.62. The Morgan fingerprint density at radius 1 is 1.35 bits per heavy atom. The van der Waals surface area contributed by atoms with Crippen LogP contribution in [0.1, 0.15) is 24.0 Å². The minimum Gasteiger partial charge on any atom is -0.463 e. The van der Waals surface area contributed by atoms with Crippen molar-refractivity contribution in [2.75, 3.05) is 11.9 Å². The van der Waals surface area contributed by atoms with Gasteiger partial charge in [-0.3, -0.25) is 14.9 Å². The van der Waals surface area contributed by atoms with Crippen LogP contribution in [0.25, 0.3) is 0 Å². The standard InChI is InChI=1S/C17H16N4O5/c1-2-26-17(23)14-12(9-5-3-4-6-11(9)21(24)25)13-10(20-15(14)18)7-8-19-16(13)22/h3-8,12,20H,2,18H2,1H3,(H,19,22). The molecule has 1 atom stereocenters. The lowest BCUT2D eigenvalue weighted by Crippen LogP contribution is -2.33. The monoisotopic (exact) mass is 356 g/mol. The fourth-order valence-corrected chi connectivity index (χ4v) is 3.04. The lowest BCUT2D eigenvalue weighted by Gasteiger charge is -2.28. The normalized spacial score (nSPS) is 15.8. The van der Waals surface area contributed by atoms with Crippen LogP contribution in [0.5, 0.6) is 0 Å². The number of nitro groups is 1. The number of hydrogen-bond donors (Lipinski definition) is 3. The molecule has 1 aromatic carbocycles. The van der Waals surface area contributed by atoms with Crippen molar-refractivity contribution in [2.45, 2.75) is 12.8 Å². The minimum absolute atomic E-state index is 0.00954. The van der Waals surface area contributed by atoms with Gasteiger partial charge >= 0.3 is 5.97 Å². The van der Waals surface area contributed by atoms with E-state index in [-0.39, 0.29) is 34.8 Å². The molecule has 4 N–H and O–H groups in total. The van der Waals surface area contributed by atoms with E-state index in [4.69, 9.17) is 10.5 Å². The number of H-pyrrole nitrogens is 1. The summed E-state index contributed by atoms with van der Waals surface area (Å²) in [5.74, 6) is -1.78. The number of carbonyl (C=O) groups is 1. The largest absolute Gasteiger partial charge is 0.463 e. The molecule has 0 saturated carbocycles. The van der Waals surface area contributed by atoms with Crippen LogP contribution in [0, 0.1) is 10.1 Å². The number of hydrogen-bond acceptors (Lipinski definition) is 7. The Bertz CT molecular complexity index is 979. The highest BCUT2D eigenvalue weighted by Gasteiger charge is 2.38. The number of aromatic nitrogens is 1. The number of para-hydroxylation sites is 1. The Kier molecular flexibility index (Phi) is 4.44. The highest BCUT2D eigenvalue weighted by atomic mass is 16.6. The first kappa shape index (κ1) is 17.2. The van der Waals surface area contributed by atoms with E-state index in [0.717, 1.165) is 0 Å². The average Bonchev–Trinajstić information content (AvgIpc) is 2.60. The molecule has 1 unspecified atom stereocenters. The SMILES string of the molecule is CCOC(=O)C1=C(N)Nc2cc[nH]c(=O)c2C1c1ccccc1[N+](=O)[O-]. The van der Waals surface area contributed by atoms with E-state index in [2.05, 4.69) is 10.3 Å². The van der Waals surface area contributed by atoms with Gasteiger partial charge in [0.2, 0.25) is 0 Å². The molecule has 0 fully saturated rings. The number of nitro benzene ring substituents is 1. The van der Waals surface area contributed by atoms with Gasteiger partial charge in [0.25, 0.3) is 11.2 Å². The maximum Gasteiger partial charge on any atom is 0.338 e. The van der Waals surface area contributed by atoms with Crippen LogP contribution in [-0.4, -0.2) is 22.5 Å². The van der Waals surface area contributed by atoms with Gasteiger partial charge in [-0.1, -0.05) is 18.2 Å². The second-order valence-electron chi connectivity index (χ2n) is 5.56. The van der Waals surface area contributed by atoms with E-state index >= 15 is 0 Å². The zero-order valence-corrected chi connectivity index (χ0v) is 13.8. The molecule has 9 nitrogen and oxygen atoms in total. The molecule has 1 aliphatic heterocycles. The third-order valence-corrected chi connectivity index (χ3v) is 4.08. The van der Waals surface area contributed by atoms with Gasteiger partial charge in [0.15, 0.2) is 0 Å². The lowest BCUT2D eigenvalue weighted by atomic mass is 9.81. The van der Waals surface area contributed by atoms with Crippen LogP contribution in [0.4, 0.5) is 11.4 Å². The van der Waals surface area contributed by atoms with Gasteiger partial charge in [-0.25, -0.2) is 4.79 Å². The van der Waals surface area contributed by atoms with Gasteiger partial charge in [0, 0.05) is 17.8 Å². The quantitative estimate of drug-likeness (QED) is 0.429. The summed E-state index contributed by atoms with van der Waals surface area (Å²) in [5, 5.41) is 14.3. The summed E-state index contributed by atoms with van der Waals surface area (Å²) in [6.07, 6.45) is 1.42. The zero-order chi connectivity index (χ0) is 18.8. The molecule has 9 heteroatoms. The van der Waals surface area contributed by atoms with E-state index in [1.54, 1.807) is 19.1 Å². The number of rotatable bonds is 4. The van der Waals surface area contributed by atoms with Crippen molar-refractivity contribution in [1.82, 2.24) is 4.98 Å². The first-order chi connectivity index (χ1) is 12.5. The van der Waals surface area contributed by atoms with Crippen LogP contribution in [0.3, 0.4) is 0 Å². The topological polar surface area (TPSA) is 140 Å². The number of carbonyl (C=O) groups excluding carboxylic acids is 1. The van der Waals surface area contributed by atoms with Crippen LogP contribution >= 0.6 is 0 Å². The Morgan fingerprint density at radius 3 is 2.77 bits per heavy atom. The van der Waals surface area contributed by atoms with Gasteiger partial charge in [0.05, 0.1) is 34.3 Å². The fourth-order valence-electron chi connectivity index (χ4n) is 3.04. The predicted octanol–water partition coefficient (Wildman–Crippen LogP) is 1.57. The summed E-state index contributed by atoms with van der Waals surface area (Å²) in [4.78, 5) is 38.4. The van der Waals surface area contributed by atoms with Gasteiger partial charge in [-0.15, -0.1) is 0 Å². The number of fused-ring (bicyclic) bond motifs is 1. The Morgan fingerprint density at radius 2 is 2.08 bits per heavy atom. The summed E-state index contributed by atoms with van der Waals surface area (Å²) in [7, 11) is 0. The number of pyridine rings is 1. The zero-order valence-electron chi connectivity index (χ0n) is 13.8. The molecule has 2 aromatic rings. The Labute approximate surface area is 147 Å². The summed E-state index contributed by atoms with van der Waals surface area (Å²) < 4.78 is 5.06. The summed E-state index contributed by atoms with van der Waals surface area (Å²) >= 11 is 0. The van der Waals surface area contributed by atoms with Crippen molar-refractivity contribution in [2.24, 2.45) is 5.73 Å². The van der Waals surface area contributed by atoms with Crippen LogP contribution in [-0.2, 0) is 9.53 Å². The van der Waals surface area contributed by atoms with Crippen molar-refractivity contribution in [3.05, 3.63) is 79.5 Å². The molecule has 0 aliphatic carbocycles. The van der Waals surface area contributed by atoms with E-state index in [1.165, 1.54) is 24.4 Å². The first-order valence-electron chi connectivity index (χ1n) is 7.84. The molecule has 0 spiro atoms. The molecule has 2 heterocycles. The predicted molar refractivity (Wildman–Crippen MR) is 93.5 cm³/mol. The first-order valence-corrected chi connectivity index (χ1v) is 7.84. The molecule has 0 amide bonds. The van der Waals surface area contributed by atoms with Crippen molar-refractivity contribution in [3.63, 3.8) is 0 Å². The molecule has 1 aromatic heterocycles. The smallest absolute Gasteiger partial charge is 0.338 e. The summed E-state index contributed by atoms with van der Waals surface area (Å²) in [6, 6.07) is 7.49. The molecule has 0 bridgehead atoms. The van der Waals surface area contributed by atoms with Crippen LogP contribution < -0.4 is 16.6 Å². The van der Waals surface area contributed by atoms with Crippen LogP contribution in [0.15, 0.2) is 52.7 Å². The van der Waals surface area contributed by atoms with Crippen LogP contribution in [0.2, 0.25) is 0 Å². The van der Waals surface area contributed by atoms with Gasteiger partial charge in [0.1, 0.15) is 5.82 Å². The highest BCUT2D eigenvalue weighted by Crippen LogP contribution is 2.42. The third-order valence-electron chi connectivity index (χ3n) is 4.08. The molecular formula is C17H16N4O5. The maximum atomic E-state index is 12.5. The molecular weight excluding hydrogens is 340 g/mol. The lowest BCUT2D eigenvalue weighted by molar-refractivity contribution is -0.385. The van der Waals surface area contributed by atoms with Gasteiger partial charge in [-0.05, 0) is 13.0 Å². The van der Waals surface area contributed by atoms with E-state index < -0.39 is 22.4 Å². The van der Waals surface area contributed by atoms with E-state index in [9.17, 15) is 19.7 Å². The van der Waals surface area contributed by atoms with Crippen molar-refractivity contribution >= 4 is 17.3 Å². The second kappa shape index (κ2) is 6.71. The third kappa shape index (κ3) is 2.79. The highest BCUT2D eigenvalue weighted by molar-refractivity contribution is 5.94. The van der Waals surface area contributed by atoms with Crippen molar-refractivity contribution in [1.29, 1.82) is 0 Å². The molecule has 0 saturated heterocycles. The fraction of sp³-hybridized carbons (Fsp3) is 0.176. The van der Waals surface area contributed by atoms with Crippen molar-refractivity contribution in [3.8, 4) is 0 Å². The molecule has 3 rings (SSSR count). The number of nitrogens with one attached hydrogen (secondary N) is 2. The molecule has 134 valence electrons. The number of nitrogens with two attached hydrogens (primary N) is 1. The average molecular weight is 356 g/mol. The van der Waals surface area contributed by atoms with E-state index in [0.29, 0.717) is 5.69 Å². The van der Waals surface area contributed by atoms with E-state index in [1.807, 2.05) is 0 Å². The number of anilines is 1. The second-order valence-corrected chi connectivity index (χ2v) is 5.56. The summed E-state index contributed by atoms with van der Waals surface area (Å²) in [5.41, 5.74) is 6.01. The maximum absolute atomic E-state index is 12.5. The van der Waals surface area contributed by atoms with Gasteiger partial charge < -0.3 is 20.8 Å². The Balaban J connectivity index is 2.33. The molecule has 1 aliphatic rings. The number of aromatic amines is 1. The van der Waals surface area contributed by atoms with Gasteiger partial charge in [-0.2, -0.15) is 0 Å². The van der Waals surface area contributed by atoms with Crippen molar-refractivity contribution < 1.29 is 14.5 Å². The number of benzene rings is 1. The minimum atomic E-state index is -1.03. The summed E-state index contributed by atoms with van der Waals surface area (Å²) in [6.45, 7) is 1.73. The number of ether oxygens (including phenoxy) is 1. The number of esters is 1. The molecule has 0 radical (unpaired) electrons. The molecule has 26 heavy (non-hydrogen) atoms.